The zero-order chi connectivity index (χ0) is 20.8. The van der Waals surface area contributed by atoms with Gasteiger partial charge in [-0.05, 0) is 49.2 Å². The molecule has 0 radical (unpaired) electrons. The highest BCUT2D eigenvalue weighted by Crippen LogP contribution is 2.16. The molecule has 0 atom stereocenters. The van der Waals surface area contributed by atoms with Crippen molar-refractivity contribution in [1.82, 2.24) is 25.3 Å². The summed E-state index contributed by atoms with van der Waals surface area (Å²) in [5.74, 6) is 1.59. The first-order valence-electron chi connectivity index (χ1n) is 10.1. The van der Waals surface area contributed by atoms with Gasteiger partial charge in [0.05, 0.1) is 5.69 Å². The largest absolute Gasteiger partial charge is 0.485 e. The van der Waals surface area contributed by atoms with Gasteiger partial charge in [-0.2, -0.15) is 4.98 Å². The van der Waals surface area contributed by atoms with Crippen LogP contribution in [-0.2, 0) is 13.2 Å². The van der Waals surface area contributed by atoms with E-state index in [4.69, 9.17) is 9.26 Å². The van der Waals surface area contributed by atoms with E-state index in [2.05, 4.69) is 25.3 Å². The Hall–Kier alpha value is -3.26. The van der Waals surface area contributed by atoms with Crippen molar-refractivity contribution in [2.24, 2.45) is 0 Å². The van der Waals surface area contributed by atoms with Gasteiger partial charge < -0.3 is 14.6 Å². The summed E-state index contributed by atoms with van der Waals surface area (Å²) in [6.45, 7) is 4.70. The van der Waals surface area contributed by atoms with Crippen LogP contribution in [0.1, 0.15) is 40.6 Å². The third kappa shape index (κ3) is 5.42. The summed E-state index contributed by atoms with van der Waals surface area (Å²) in [5.41, 5.74) is 1.70. The number of nitrogens with one attached hydrogen (secondary N) is 1. The molecule has 3 aromatic rings. The molecule has 0 spiro atoms. The van der Waals surface area contributed by atoms with Crippen molar-refractivity contribution < 1.29 is 14.1 Å². The number of hydrogen-bond donors (Lipinski definition) is 1. The molecule has 1 aromatic carbocycles. The fraction of sp³-hybridized carbons (Fsp3) is 0.364. The average molecular weight is 407 g/mol. The van der Waals surface area contributed by atoms with Crippen LogP contribution in [0.4, 0.5) is 0 Å². The minimum absolute atomic E-state index is 0.0569. The van der Waals surface area contributed by atoms with Crippen LogP contribution >= 0.6 is 0 Å². The Kier molecular flexibility index (Phi) is 6.34. The van der Waals surface area contributed by atoms with Crippen LogP contribution in [0.3, 0.4) is 0 Å². The number of aromatic nitrogens is 3. The number of ether oxygens (including phenoxy) is 1. The molecule has 8 heteroatoms. The number of nitrogens with zero attached hydrogens (tertiary/aromatic N) is 4. The number of piperidine rings is 1. The molecule has 156 valence electrons. The smallest absolute Gasteiger partial charge is 0.251 e. The molecule has 2 aromatic heterocycles. The average Bonchev–Trinajstić information content (AvgIpc) is 3.20. The molecular formula is C22H25N5O3. The SMILES string of the molecule is Cc1nc(COc2ccc(C(=O)NC3CCN(Cc4ccccn4)CC3)cc2)no1. The molecule has 0 unspecified atom stereocenters. The summed E-state index contributed by atoms with van der Waals surface area (Å²) in [6, 6.07) is 13.3. The number of amides is 1. The molecule has 30 heavy (non-hydrogen) atoms. The number of benzene rings is 1. The molecule has 1 amide bonds. The van der Waals surface area contributed by atoms with Gasteiger partial charge >= 0.3 is 0 Å². The summed E-state index contributed by atoms with van der Waals surface area (Å²) in [5, 5.41) is 6.93. The van der Waals surface area contributed by atoms with Gasteiger partial charge in [0.25, 0.3) is 5.91 Å². The van der Waals surface area contributed by atoms with Crippen molar-refractivity contribution in [3.63, 3.8) is 0 Å². The predicted octanol–water partition coefficient (Wildman–Crippen LogP) is 2.75. The van der Waals surface area contributed by atoms with Crippen LogP contribution in [-0.4, -0.2) is 45.1 Å². The lowest BCUT2D eigenvalue weighted by molar-refractivity contribution is 0.0908. The van der Waals surface area contributed by atoms with Gasteiger partial charge in [0.2, 0.25) is 11.7 Å². The molecule has 0 aliphatic carbocycles. The van der Waals surface area contributed by atoms with Crippen LogP contribution in [0.2, 0.25) is 0 Å². The van der Waals surface area contributed by atoms with E-state index < -0.39 is 0 Å². The zero-order valence-electron chi connectivity index (χ0n) is 17.0. The number of carbonyl (C=O) groups excluding carboxylic acids is 1. The molecule has 1 fully saturated rings. The number of rotatable bonds is 7. The van der Waals surface area contributed by atoms with Crippen molar-refractivity contribution in [3.8, 4) is 5.75 Å². The van der Waals surface area contributed by atoms with E-state index in [0.717, 1.165) is 38.2 Å². The van der Waals surface area contributed by atoms with Gasteiger partial charge in [-0.3, -0.25) is 14.7 Å². The molecule has 1 saturated heterocycles. The Balaban J connectivity index is 1.22. The van der Waals surface area contributed by atoms with E-state index in [1.54, 1.807) is 31.2 Å². The first kappa shape index (κ1) is 20.0. The fourth-order valence-corrected chi connectivity index (χ4v) is 3.48. The highest BCUT2D eigenvalue weighted by molar-refractivity contribution is 5.94. The van der Waals surface area contributed by atoms with Crippen LogP contribution in [0.25, 0.3) is 0 Å². The first-order valence-corrected chi connectivity index (χ1v) is 10.1. The van der Waals surface area contributed by atoms with Crippen LogP contribution in [0.15, 0.2) is 53.2 Å². The van der Waals surface area contributed by atoms with Crippen molar-refractivity contribution in [1.29, 1.82) is 0 Å². The lowest BCUT2D eigenvalue weighted by Gasteiger charge is -2.32. The summed E-state index contributed by atoms with van der Waals surface area (Å²) >= 11 is 0. The molecule has 4 rings (SSSR count). The van der Waals surface area contributed by atoms with Crippen molar-refractivity contribution in [2.75, 3.05) is 13.1 Å². The van der Waals surface area contributed by atoms with E-state index in [1.807, 2.05) is 24.4 Å². The molecule has 1 aliphatic heterocycles. The number of pyridine rings is 1. The van der Waals surface area contributed by atoms with Gasteiger partial charge in [-0.25, -0.2) is 0 Å². The maximum atomic E-state index is 12.6. The number of aryl methyl sites for hydroxylation is 1. The molecule has 0 saturated carbocycles. The van der Waals surface area contributed by atoms with E-state index in [9.17, 15) is 4.79 Å². The van der Waals surface area contributed by atoms with Crippen molar-refractivity contribution >= 4 is 5.91 Å². The van der Waals surface area contributed by atoms with Crippen LogP contribution in [0, 0.1) is 6.92 Å². The Bertz CT molecular complexity index is 950. The van der Waals surface area contributed by atoms with Gasteiger partial charge in [0, 0.05) is 44.4 Å². The highest BCUT2D eigenvalue weighted by Gasteiger charge is 2.21. The molecule has 1 N–H and O–H groups in total. The Morgan fingerprint density at radius 2 is 2.00 bits per heavy atom. The van der Waals surface area contributed by atoms with E-state index >= 15 is 0 Å². The number of likely N-dealkylation sites (tertiary alicyclic amines) is 1. The van der Waals surface area contributed by atoms with Crippen LogP contribution in [0.5, 0.6) is 5.75 Å². The predicted molar refractivity (Wildman–Crippen MR) is 110 cm³/mol. The standard InChI is InChI=1S/C22H25N5O3/c1-16-24-21(26-30-16)15-29-20-7-5-17(6-8-20)22(28)25-18-9-12-27(13-10-18)14-19-4-2-3-11-23-19/h2-8,11,18H,9-10,12-15H2,1H3,(H,25,28). The quantitative estimate of drug-likeness (QED) is 0.644. The third-order valence-corrected chi connectivity index (χ3v) is 5.09. The van der Waals surface area contributed by atoms with E-state index in [0.29, 0.717) is 23.0 Å². The Labute approximate surface area is 175 Å². The summed E-state index contributed by atoms with van der Waals surface area (Å²) in [4.78, 5) is 23.4. The Morgan fingerprint density at radius 1 is 1.20 bits per heavy atom. The molecule has 3 heterocycles. The minimum Gasteiger partial charge on any atom is -0.485 e. The van der Waals surface area contributed by atoms with Crippen molar-refractivity contribution in [2.45, 2.75) is 39.0 Å². The first-order chi connectivity index (χ1) is 14.7. The minimum atomic E-state index is -0.0569. The van der Waals surface area contributed by atoms with Crippen LogP contribution < -0.4 is 10.1 Å². The zero-order valence-corrected chi connectivity index (χ0v) is 17.0. The van der Waals surface area contributed by atoms with Gasteiger partial charge in [-0.15, -0.1) is 0 Å². The maximum absolute atomic E-state index is 12.6. The summed E-state index contributed by atoms with van der Waals surface area (Å²) in [6.07, 6.45) is 3.69. The lowest BCUT2D eigenvalue weighted by Crippen LogP contribution is -2.44. The van der Waals surface area contributed by atoms with Gasteiger partial charge in [-0.1, -0.05) is 11.2 Å². The maximum Gasteiger partial charge on any atom is 0.251 e. The second kappa shape index (κ2) is 9.49. The number of hydrogen-bond acceptors (Lipinski definition) is 7. The van der Waals surface area contributed by atoms with Gasteiger partial charge in [0.1, 0.15) is 5.75 Å². The summed E-state index contributed by atoms with van der Waals surface area (Å²) < 4.78 is 10.5. The molecule has 0 bridgehead atoms. The topological polar surface area (TPSA) is 93.4 Å². The lowest BCUT2D eigenvalue weighted by atomic mass is 10.0. The molecule has 1 aliphatic rings. The molecular weight excluding hydrogens is 382 g/mol. The Morgan fingerprint density at radius 3 is 2.67 bits per heavy atom. The van der Waals surface area contributed by atoms with E-state index in [1.165, 1.54) is 0 Å². The monoisotopic (exact) mass is 407 g/mol. The number of carbonyl (C=O) groups is 1. The third-order valence-electron chi connectivity index (χ3n) is 5.09. The second-order valence-electron chi connectivity index (χ2n) is 7.39. The normalized spacial score (nSPS) is 15.1. The fourth-order valence-electron chi connectivity index (χ4n) is 3.48. The van der Waals surface area contributed by atoms with E-state index in [-0.39, 0.29) is 18.6 Å². The summed E-state index contributed by atoms with van der Waals surface area (Å²) in [7, 11) is 0. The van der Waals surface area contributed by atoms with Crippen molar-refractivity contribution in [3.05, 3.63) is 71.6 Å². The highest BCUT2D eigenvalue weighted by atomic mass is 16.5. The molecule has 8 nitrogen and oxygen atoms in total. The second-order valence-corrected chi connectivity index (χ2v) is 7.39. The van der Waals surface area contributed by atoms with Gasteiger partial charge in [0.15, 0.2) is 6.61 Å².